The normalized spacial score (nSPS) is 16.0. The summed E-state index contributed by atoms with van der Waals surface area (Å²) in [6.45, 7) is 2.95. The zero-order chi connectivity index (χ0) is 14.5. The molecule has 1 heterocycles. The summed E-state index contributed by atoms with van der Waals surface area (Å²) in [5.74, 6) is -0.145. The summed E-state index contributed by atoms with van der Waals surface area (Å²) in [5, 5.41) is 3.71. The molecule has 7 heteroatoms. The summed E-state index contributed by atoms with van der Waals surface area (Å²) < 4.78 is 0. The van der Waals surface area contributed by atoms with Crippen molar-refractivity contribution in [1.29, 1.82) is 0 Å². The Morgan fingerprint density at radius 3 is 2.60 bits per heavy atom. The molecule has 0 spiro atoms. The summed E-state index contributed by atoms with van der Waals surface area (Å²) in [5.41, 5.74) is 0.510. The Kier molecular flexibility index (Phi) is 5.23. The number of rotatable bonds is 4. The molecule has 20 heavy (non-hydrogen) atoms. The molecule has 0 bridgehead atoms. The van der Waals surface area contributed by atoms with Crippen LogP contribution in [0.5, 0.6) is 0 Å². The Morgan fingerprint density at radius 2 is 1.95 bits per heavy atom. The number of nitrogens with zero attached hydrogens (tertiary/aromatic N) is 2. The maximum Gasteiger partial charge on any atom is 0.238 e. The van der Waals surface area contributed by atoms with Gasteiger partial charge in [0.2, 0.25) is 12.3 Å². The van der Waals surface area contributed by atoms with Gasteiger partial charge in [-0.1, -0.05) is 23.2 Å². The van der Waals surface area contributed by atoms with Gasteiger partial charge in [0.25, 0.3) is 0 Å². The number of benzene rings is 1. The van der Waals surface area contributed by atoms with E-state index in [-0.39, 0.29) is 12.5 Å². The van der Waals surface area contributed by atoms with Crippen molar-refractivity contribution in [3.8, 4) is 0 Å². The van der Waals surface area contributed by atoms with Gasteiger partial charge in [0.15, 0.2) is 0 Å². The predicted octanol–water partition coefficient (Wildman–Crippen LogP) is 1.71. The number of carbonyl (C=O) groups is 2. The second-order valence-corrected chi connectivity index (χ2v) is 5.43. The molecule has 0 saturated carbocycles. The highest BCUT2D eigenvalue weighted by Crippen LogP contribution is 2.25. The first-order chi connectivity index (χ1) is 9.58. The maximum atomic E-state index is 12.0. The third kappa shape index (κ3) is 4.10. The van der Waals surface area contributed by atoms with E-state index in [1.807, 2.05) is 4.90 Å². The first-order valence-electron chi connectivity index (χ1n) is 6.25. The molecule has 1 aliphatic heterocycles. The molecule has 0 atom stereocenters. The molecule has 1 aliphatic rings. The van der Waals surface area contributed by atoms with Gasteiger partial charge < -0.3 is 10.2 Å². The van der Waals surface area contributed by atoms with Crippen molar-refractivity contribution in [3.05, 3.63) is 28.2 Å². The van der Waals surface area contributed by atoms with Crippen molar-refractivity contribution < 1.29 is 9.59 Å². The largest absolute Gasteiger partial charge is 0.343 e. The zero-order valence-corrected chi connectivity index (χ0v) is 12.3. The Morgan fingerprint density at radius 1 is 1.25 bits per heavy atom. The summed E-state index contributed by atoms with van der Waals surface area (Å²) >= 11 is 11.9. The highest BCUT2D eigenvalue weighted by Gasteiger charge is 2.18. The standard InChI is InChI=1S/C13H15Cl2N3O2/c14-10-1-2-11(15)12(7-10)16-13(20)8-17-3-5-18(9-19)6-4-17/h1-2,7,9H,3-6,8H2,(H,16,20). The van der Waals surface area contributed by atoms with Crippen LogP contribution >= 0.6 is 23.2 Å². The van der Waals surface area contributed by atoms with E-state index in [2.05, 4.69) is 5.32 Å². The second-order valence-electron chi connectivity index (χ2n) is 4.59. The van der Waals surface area contributed by atoms with E-state index in [1.54, 1.807) is 23.1 Å². The van der Waals surface area contributed by atoms with Crippen molar-refractivity contribution in [2.45, 2.75) is 0 Å². The van der Waals surface area contributed by atoms with Gasteiger partial charge in [-0.05, 0) is 18.2 Å². The molecule has 1 aromatic rings. The lowest BCUT2D eigenvalue weighted by Gasteiger charge is -2.31. The second kappa shape index (κ2) is 6.92. The average Bonchev–Trinajstić information content (AvgIpc) is 2.43. The third-order valence-corrected chi connectivity index (χ3v) is 3.69. The third-order valence-electron chi connectivity index (χ3n) is 3.13. The van der Waals surface area contributed by atoms with Gasteiger partial charge in [-0.2, -0.15) is 0 Å². The van der Waals surface area contributed by atoms with E-state index in [0.29, 0.717) is 41.9 Å². The van der Waals surface area contributed by atoms with E-state index in [4.69, 9.17) is 23.2 Å². The van der Waals surface area contributed by atoms with Crippen LogP contribution in [0.25, 0.3) is 0 Å². The Labute approximate surface area is 127 Å². The quantitative estimate of drug-likeness (QED) is 0.861. The van der Waals surface area contributed by atoms with Crippen LogP contribution in [0, 0.1) is 0 Å². The van der Waals surface area contributed by atoms with Crippen molar-refractivity contribution in [1.82, 2.24) is 9.80 Å². The van der Waals surface area contributed by atoms with Crippen molar-refractivity contribution in [2.75, 3.05) is 38.0 Å². The average molecular weight is 316 g/mol. The molecule has 2 amide bonds. The number of halogens is 2. The molecule has 2 rings (SSSR count). The van der Waals surface area contributed by atoms with Crippen LogP contribution in [0.15, 0.2) is 18.2 Å². The topological polar surface area (TPSA) is 52.7 Å². The van der Waals surface area contributed by atoms with Crippen LogP contribution in [-0.2, 0) is 9.59 Å². The Bertz CT molecular complexity index is 502. The molecule has 0 aromatic heterocycles. The van der Waals surface area contributed by atoms with Crippen LogP contribution in [-0.4, -0.2) is 54.8 Å². The lowest BCUT2D eigenvalue weighted by molar-refractivity contribution is -0.120. The number of piperazine rings is 1. The van der Waals surface area contributed by atoms with Crippen LogP contribution in [0.1, 0.15) is 0 Å². The van der Waals surface area contributed by atoms with Crippen molar-refractivity contribution in [2.24, 2.45) is 0 Å². The molecular formula is C13H15Cl2N3O2. The van der Waals surface area contributed by atoms with Crippen molar-refractivity contribution >= 4 is 41.2 Å². The van der Waals surface area contributed by atoms with Gasteiger partial charge in [-0.3, -0.25) is 14.5 Å². The smallest absolute Gasteiger partial charge is 0.238 e. The zero-order valence-electron chi connectivity index (χ0n) is 10.8. The van der Waals surface area contributed by atoms with Gasteiger partial charge in [0.05, 0.1) is 17.3 Å². The first kappa shape index (κ1) is 15.1. The summed E-state index contributed by atoms with van der Waals surface area (Å²) in [6.07, 6.45) is 0.836. The highest BCUT2D eigenvalue weighted by atomic mass is 35.5. The van der Waals surface area contributed by atoms with E-state index in [9.17, 15) is 9.59 Å². The first-order valence-corrected chi connectivity index (χ1v) is 7.00. The number of anilines is 1. The number of hydrogen-bond donors (Lipinski definition) is 1. The number of nitrogens with one attached hydrogen (secondary N) is 1. The highest BCUT2D eigenvalue weighted by molar-refractivity contribution is 6.35. The lowest BCUT2D eigenvalue weighted by atomic mass is 10.3. The van der Waals surface area contributed by atoms with E-state index in [0.717, 1.165) is 6.41 Å². The van der Waals surface area contributed by atoms with Crippen LogP contribution < -0.4 is 5.32 Å². The summed E-state index contributed by atoms with van der Waals surface area (Å²) in [6, 6.07) is 4.92. The van der Waals surface area contributed by atoms with E-state index in [1.165, 1.54) is 0 Å². The Hall–Kier alpha value is -1.30. The fraction of sp³-hybridized carbons (Fsp3) is 0.385. The molecule has 0 unspecified atom stereocenters. The SMILES string of the molecule is O=CN1CCN(CC(=O)Nc2cc(Cl)ccc2Cl)CC1. The molecule has 1 saturated heterocycles. The minimum atomic E-state index is -0.145. The molecule has 1 N–H and O–H groups in total. The fourth-order valence-electron chi connectivity index (χ4n) is 2.01. The molecule has 0 aliphatic carbocycles. The van der Waals surface area contributed by atoms with Gasteiger partial charge >= 0.3 is 0 Å². The minimum Gasteiger partial charge on any atom is -0.343 e. The molecule has 0 radical (unpaired) electrons. The fourth-order valence-corrected chi connectivity index (χ4v) is 2.35. The van der Waals surface area contributed by atoms with Gasteiger partial charge in [-0.15, -0.1) is 0 Å². The number of amides is 2. The molecule has 5 nitrogen and oxygen atoms in total. The monoisotopic (exact) mass is 315 g/mol. The van der Waals surface area contributed by atoms with Crippen LogP contribution in [0.4, 0.5) is 5.69 Å². The van der Waals surface area contributed by atoms with Gasteiger partial charge in [0, 0.05) is 31.2 Å². The summed E-state index contributed by atoms with van der Waals surface area (Å²) in [4.78, 5) is 26.2. The molecule has 1 aromatic carbocycles. The van der Waals surface area contributed by atoms with E-state index >= 15 is 0 Å². The number of hydrogen-bond acceptors (Lipinski definition) is 3. The van der Waals surface area contributed by atoms with Crippen molar-refractivity contribution in [3.63, 3.8) is 0 Å². The van der Waals surface area contributed by atoms with Crippen LogP contribution in [0.3, 0.4) is 0 Å². The molecule has 1 fully saturated rings. The lowest BCUT2D eigenvalue weighted by Crippen LogP contribution is -2.48. The minimum absolute atomic E-state index is 0.145. The summed E-state index contributed by atoms with van der Waals surface area (Å²) in [7, 11) is 0. The predicted molar refractivity (Wildman–Crippen MR) is 79.2 cm³/mol. The van der Waals surface area contributed by atoms with Crippen LogP contribution in [0.2, 0.25) is 10.0 Å². The van der Waals surface area contributed by atoms with Gasteiger partial charge in [0.1, 0.15) is 0 Å². The Balaban J connectivity index is 1.86. The molecule has 108 valence electrons. The number of carbonyl (C=O) groups excluding carboxylic acids is 2. The van der Waals surface area contributed by atoms with Gasteiger partial charge in [-0.25, -0.2) is 0 Å². The molecular weight excluding hydrogens is 301 g/mol. The maximum absolute atomic E-state index is 12.0. The van der Waals surface area contributed by atoms with E-state index < -0.39 is 0 Å².